The van der Waals surface area contributed by atoms with E-state index in [1.165, 1.54) is 12.1 Å². The molecule has 0 bridgehead atoms. The van der Waals surface area contributed by atoms with Crippen LogP contribution in [0.4, 0.5) is 13.2 Å². The van der Waals surface area contributed by atoms with Crippen molar-refractivity contribution in [2.45, 2.75) is 65.7 Å². The smallest absolute Gasteiger partial charge is 0.207 e. The minimum absolute atomic E-state index is 0.118. The molecule has 0 heterocycles. The third-order valence-electron chi connectivity index (χ3n) is 2.32. The number of alkyl halides is 2. The summed E-state index contributed by atoms with van der Waals surface area (Å²) in [4.78, 5) is 0. The molecule has 1 fully saturated rings. The van der Waals surface area contributed by atoms with Crippen LogP contribution in [0.15, 0.2) is 30.3 Å². The molecule has 0 N–H and O–H groups in total. The maximum Gasteiger partial charge on any atom is 0.248 e. The van der Waals surface area contributed by atoms with Crippen molar-refractivity contribution in [1.29, 1.82) is 0 Å². The summed E-state index contributed by atoms with van der Waals surface area (Å²) < 4.78 is 36.3. The van der Waals surface area contributed by atoms with Gasteiger partial charge < -0.3 is 0 Å². The summed E-state index contributed by atoms with van der Waals surface area (Å²) in [7, 11) is 0. The van der Waals surface area contributed by atoms with Crippen molar-refractivity contribution in [2.24, 2.45) is 0 Å². The Morgan fingerprint density at radius 3 is 1.42 bits per heavy atom. The molecule has 0 radical (unpaired) electrons. The fraction of sp³-hybridized carbons (Fsp3) is 0.625. The van der Waals surface area contributed by atoms with Crippen LogP contribution < -0.4 is 0 Å². The molecule has 0 aromatic heterocycles. The average molecular weight is 276 g/mol. The van der Waals surface area contributed by atoms with E-state index in [1.54, 1.807) is 18.2 Å². The highest BCUT2D eigenvalue weighted by Gasteiger charge is 2.30. The first-order valence-electron chi connectivity index (χ1n) is 7.18. The van der Waals surface area contributed by atoms with Gasteiger partial charge in [-0.2, -0.15) is 0 Å². The van der Waals surface area contributed by atoms with Crippen LogP contribution in [0.2, 0.25) is 0 Å². The van der Waals surface area contributed by atoms with Crippen molar-refractivity contribution in [1.82, 2.24) is 0 Å². The molecule has 0 aliphatic heterocycles. The van der Waals surface area contributed by atoms with Gasteiger partial charge in [0.15, 0.2) is 0 Å². The topological polar surface area (TPSA) is 0 Å². The normalized spacial score (nSPS) is 15.5. The molecule has 1 aromatic rings. The molecular formula is C16H27F3. The Morgan fingerprint density at radius 2 is 1.21 bits per heavy atom. The number of rotatable bonds is 0. The number of hydrogen-bond acceptors (Lipinski definition) is 0. The molecule has 2 rings (SSSR count). The Kier molecular flexibility index (Phi) is 14.4. The summed E-state index contributed by atoms with van der Waals surface area (Å²) in [5.74, 6) is -2.50. The molecule has 0 spiro atoms. The Balaban J connectivity index is 0. The van der Waals surface area contributed by atoms with Gasteiger partial charge in [0, 0.05) is 12.8 Å². The third-order valence-corrected chi connectivity index (χ3v) is 2.32. The van der Waals surface area contributed by atoms with Gasteiger partial charge >= 0.3 is 0 Å². The van der Waals surface area contributed by atoms with Crippen LogP contribution in [0.1, 0.15) is 59.8 Å². The zero-order valence-corrected chi connectivity index (χ0v) is 12.6. The lowest BCUT2D eigenvalue weighted by atomic mass is 9.97. The van der Waals surface area contributed by atoms with Crippen molar-refractivity contribution < 1.29 is 13.2 Å². The van der Waals surface area contributed by atoms with E-state index in [0.29, 0.717) is 12.8 Å². The predicted molar refractivity (Wildman–Crippen MR) is 77.1 cm³/mol. The van der Waals surface area contributed by atoms with E-state index < -0.39 is 5.92 Å². The van der Waals surface area contributed by atoms with E-state index in [4.69, 9.17) is 0 Å². The Bertz CT molecular complexity index is 263. The van der Waals surface area contributed by atoms with Crippen LogP contribution in [0.5, 0.6) is 0 Å². The lowest BCUT2D eigenvalue weighted by Gasteiger charge is -2.20. The quantitative estimate of drug-likeness (QED) is 0.510. The van der Waals surface area contributed by atoms with Crippen LogP contribution in [-0.4, -0.2) is 5.92 Å². The molecule has 112 valence electrons. The molecule has 0 amide bonds. The monoisotopic (exact) mass is 276 g/mol. The first-order valence-corrected chi connectivity index (χ1v) is 7.18. The van der Waals surface area contributed by atoms with E-state index in [2.05, 4.69) is 0 Å². The van der Waals surface area contributed by atoms with Crippen molar-refractivity contribution in [3.63, 3.8) is 0 Å². The predicted octanol–water partition coefficient (Wildman–Crippen LogP) is 6.46. The van der Waals surface area contributed by atoms with Crippen LogP contribution >= 0.6 is 0 Å². The van der Waals surface area contributed by atoms with Crippen LogP contribution in [0, 0.1) is 5.82 Å². The highest BCUT2D eigenvalue weighted by atomic mass is 19.3. The highest BCUT2D eigenvalue weighted by Crippen LogP contribution is 2.32. The van der Waals surface area contributed by atoms with Crippen molar-refractivity contribution in [2.75, 3.05) is 0 Å². The van der Waals surface area contributed by atoms with Gasteiger partial charge in [-0.15, -0.1) is 0 Å². The van der Waals surface area contributed by atoms with Gasteiger partial charge in [0.1, 0.15) is 5.82 Å². The molecule has 1 aromatic carbocycles. The molecule has 1 saturated carbocycles. The van der Waals surface area contributed by atoms with E-state index in [-0.39, 0.29) is 18.7 Å². The Morgan fingerprint density at radius 1 is 0.789 bits per heavy atom. The van der Waals surface area contributed by atoms with E-state index in [1.807, 2.05) is 27.7 Å². The van der Waals surface area contributed by atoms with Crippen LogP contribution in [0.25, 0.3) is 0 Å². The fourth-order valence-corrected chi connectivity index (χ4v) is 1.48. The summed E-state index contributed by atoms with van der Waals surface area (Å²) in [6, 6.07) is 7.94. The molecule has 19 heavy (non-hydrogen) atoms. The minimum Gasteiger partial charge on any atom is -0.207 e. The molecule has 3 heteroatoms. The molecular weight excluding hydrogens is 249 g/mol. The van der Waals surface area contributed by atoms with E-state index >= 15 is 0 Å². The Labute approximate surface area is 116 Å². The number of benzene rings is 1. The van der Waals surface area contributed by atoms with Crippen molar-refractivity contribution in [3.8, 4) is 0 Å². The molecule has 1 aliphatic rings. The SMILES string of the molecule is CC.CC.FC1(F)CCCCC1.Fc1ccccc1. The van der Waals surface area contributed by atoms with Crippen LogP contribution in [0.3, 0.4) is 0 Å². The molecule has 0 atom stereocenters. The zero-order chi connectivity index (χ0) is 15.1. The largest absolute Gasteiger partial charge is 0.248 e. The summed E-state index contributed by atoms with van der Waals surface area (Å²) in [5, 5.41) is 0. The van der Waals surface area contributed by atoms with Crippen molar-refractivity contribution >= 4 is 0 Å². The lowest BCUT2D eigenvalue weighted by molar-refractivity contribution is -0.0337. The maximum atomic E-state index is 12.2. The molecule has 0 unspecified atom stereocenters. The maximum absolute atomic E-state index is 12.2. The van der Waals surface area contributed by atoms with Gasteiger partial charge in [-0.1, -0.05) is 52.3 Å². The first-order chi connectivity index (χ1) is 9.10. The second kappa shape index (κ2) is 13.4. The van der Waals surface area contributed by atoms with Gasteiger partial charge in [-0.05, 0) is 25.0 Å². The third kappa shape index (κ3) is 13.2. The lowest BCUT2D eigenvalue weighted by Crippen LogP contribution is -2.18. The van der Waals surface area contributed by atoms with E-state index in [0.717, 1.165) is 6.42 Å². The number of hydrogen-bond donors (Lipinski definition) is 0. The summed E-state index contributed by atoms with van der Waals surface area (Å²) >= 11 is 0. The minimum atomic E-state index is -2.32. The molecule has 0 saturated heterocycles. The van der Waals surface area contributed by atoms with Crippen LogP contribution in [-0.2, 0) is 0 Å². The van der Waals surface area contributed by atoms with Gasteiger partial charge in [0.25, 0.3) is 0 Å². The highest BCUT2D eigenvalue weighted by molar-refractivity contribution is 5.02. The number of halogens is 3. The summed E-state index contributed by atoms with van der Waals surface area (Å²) in [6.45, 7) is 8.00. The molecule has 0 nitrogen and oxygen atoms in total. The standard InChI is InChI=1S/C6H10F2.C6H5F.2C2H6/c7-6(8)4-2-1-3-5-6;7-6-4-2-1-3-5-6;2*1-2/h1-5H2;1-5H;2*1-2H3. The van der Waals surface area contributed by atoms with Gasteiger partial charge in [-0.25, -0.2) is 13.2 Å². The summed E-state index contributed by atoms with van der Waals surface area (Å²) in [6.07, 6.45) is 2.66. The van der Waals surface area contributed by atoms with Gasteiger partial charge in [0.2, 0.25) is 5.92 Å². The second-order valence-electron chi connectivity index (χ2n) is 3.71. The van der Waals surface area contributed by atoms with Gasteiger partial charge in [0.05, 0.1) is 0 Å². The summed E-state index contributed by atoms with van der Waals surface area (Å²) in [5.41, 5.74) is 0. The zero-order valence-electron chi connectivity index (χ0n) is 12.6. The van der Waals surface area contributed by atoms with Gasteiger partial charge in [-0.3, -0.25) is 0 Å². The first kappa shape index (κ1) is 20.3. The fourth-order valence-electron chi connectivity index (χ4n) is 1.48. The Hall–Kier alpha value is -0.990. The second-order valence-corrected chi connectivity index (χ2v) is 3.71. The van der Waals surface area contributed by atoms with Crippen molar-refractivity contribution in [3.05, 3.63) is 36.1 Å². The average Bonchev–Trinajstić information content (AvgIpc) is 2.44. The molecule has 1 aliphatic carbocycles. The van der Waals surface area contributed by atoms with E-state index in [9.17, 15) is 13.2 Å².